The maximum absolute atomic E-state index is 11.8. The van der Waals surface area contributed by atoms with Crippen LogP contribution in [0.25, 0.3) is 21.5 Å². The van der Waals surface area contributed by atoms with E-state index in [2.05, 4.69) is 91.8 Å². The summed E-state index contributed by atoms with van der Waals surface area (Å²) in [6.45, 7) is 17.8. The maximum atomic E-state index is 11.8. The van der Waals surface area contributed by atoms with Crippen LogP contribution in [0.4, 0.5) is 11.4 Å². The summed E-state index contributed by atoms with van der Waals surface area (Å²) in [5.41, 5.74) is 7.37. The first-order valence-corrected chi connectivity index (χ1v) is 15.6. The molecule has 0 saturated carbocycles. The number of para-hydroxylation sites is 2. The Morgan fingerprint density at radius 1 is 0.422 bits per heavy atom. The zero-order valence-electron chi connectivity index (χ0n) is 27.6. The van der Waals surface area contributed by atoms with Crippen LogP contribution in [0, 0.1) is 0 Å². The molecule has 0 radical (unpaired) electrons. The Bertz CT molecular complexity index is 1620. The number of aliphatic imine (C=N–C) groups is 2. The minimum absolute atomic E-state index is 0. The van der Waals surface area contributed by atoms with Gasteiger partial charge in [-0.25, -0.2) is 0 Å². The van der Waals surface area contributed by atoms with E-state index in [-0.39, 0.29) is 16.5 Å². The molecule has 0 aliphatic rings. The van der Waals surface area contributed by atoms with Crippen LogP contribution in [0.15, 0.2) is 94.9 Å². The van der Waals surface area contributed by atoms with Crippen molar-refractivity contribution in [2.24, 2.45) is 9.98 Å². The van der Waals surface area contributed by atoms with Gasteiger partial charge in [0.15, 0.2) is 0 Å². The molecule has 236 valence electrons. The quantitative estimate of drug-likeness (QED) is 0.101. The van der Waals surface area contributed by atoms with Gasteiger partial charge in [0.25, 0.3) is 0 Å². The van der Waals surface area contributed by atoms with E-state index in [1.54, 1.807) is 24.3 Å². The van der Waals surface area contributed by atoms with Crippen LogP contribution in [0.3, 0.4) is 0 Å². The number of hydrogen-bond donors (Lipinski definition) is 0. The maximum Gasteiger partial charge on any atom is 2.00 e. The third-order valence-corrected chi connectivity index (χ3v) is 8.00. The Morgan fingerprint density at radius 3 is 0.956 bits per heavy atom. The molecule has 0 spiro atoms. The molecule has 0 bridgehead atoms. The molecule has 0 aromatic heterocycles. The van der Waals surface area contributed by atoms with Gasteiger partial charge in [-0.05, 0) is 67.5 Å². The van der Waals surface area contributed by atoms with Crippen LogP contribution in [-0.4, -0.2) is 12.4 Å². The van der Waals surface area contributed by atoms with Gasteiger partial charge < -0.3 is 10.2 Å². The molecule has 0 aliphatic heterocycles. The molecular weight excluding hydrogens is 599 g/mol. The summed E-state index contributed by atoms with van der Waals surface area (Å²) in [4.78, 5) is 9.68. The van der Waals surface area contributed by atoms with E-state index >= 15 is 0 Å². The Balaban J connectivity index is 0.000000273. The van der Waals surface area contributed by atoms with E-state index < -0.39 is 11.5 Å². The van der Waals surface area contributed by atoms with Crippen LogP contribution in [0.2, 0.25) is 0 Å². The largest absolute Gasteiger partial charge is 2.00 e. The van der Waals surface area contributed by atoms with Gasteiger partial charge in [-0.3, -0.25) is 9.98 Å². The average Bonchev–Trinajstić information content (AvgIpc) is 3.01. The van der Waals surface area contributed by atoms with Crippen molar-refractivity contribution in [3.05, 3.63) is 107 Å². The molecule has 5 aromatic carbocycles. The first-order valence-electron chi connectivity index (χ1n) is 15.6. The fourth-order valence-corrected chi connectivity index (χ4v) is 5.61. The Labute approximate surface area is 278 Å². The number of hydrogen-bond acceptors (Lipinski definition) is 4. The van der Waals surface area contributed by atoms with Gasteiger partial charge in [0.1, 0.15) is 0 Å². The van der Waals surface area contributed by atoms with Crippen molar-refractivity contribution in [1.29, 1.82) is 0 Å². The van der Waals surface area contributed by atoms with Crippen molar-refractivity contribution in [2.45, 2.75) is 79.1 Å². The molecule has 0 amide bonds. The molecule has 45 heavy (non-hydrogen) atoms. The molecule has 0 atom stereocenters. The van der Waals surface area contributed by atoms with Crippen molar-refractivity contribution in [2.75, 3.05) is 0 Å². The molecule has 5 rings (SSSR count). The molecule has 0 heterocycles. The summed E-state index contributed by atoms with van der Waals surface area (Å²) in [6, 6.07) is 27.5. The van der Waals surface area contributed by atoms with Crippen molar-refractivity contribution in [1.82, 2.24) is 0 Å². The van der Waals surface area contributed by atoms with E-state index in [0.29, 0.717) is 34.4 Å². The SMILES string of the molecule is CC(C)c1cccc(C(C)C)c1N=CC=Nc1c(C(C)C)cccc1C(C)C.[Ni+2].[O-]c1c([O-])c2ccccc2c2ccccc12. The van der Waals surface area contributed by atoms with Gasteiger partial charge in [-0.2, -0.15) is 0 Å². The number of benzene rings is 5. The minimum Gasteiger partial charge on any atom is -0.872 e. The van der Waals surface area contributed by atoms with Gasteiger partial charge in [0.2, 0.25) is 0 Å². The summed E-state index contributed by atoms with van der Waals surface area (Å²) in [6.07, 6.45) is 3.71. The van der Waals surface area contributed by atoms with Crippen LogP contribution >= 0.6 is 0 Å². The van der Waals surface area contributed by atoms with Crippen LogP contribution in [-0.2, 0) is 16.5 Å². The molecular formula is C40H44N2NiO2. The number of nitrogens with zero attached hydrogens (tertiary/aromatic N) is 2. The topological polar surface area (TPSA) is 70.8 Å². The molecule has 5 aromatic rings. The van der Waals surface area contributed by atoms with Crippen molar-refractivity contribution in [3.63, 3.8) is 0 Å². The third kappa shape index (κ3) is 8.02. The molecule has 0 N–H and O–H groups in total. The first-order chi connectivity index (χ1) is 21.0. The molecule has 0 fully saturated rings. The summed E-state index contributed by atoms with van der Waals surface area (Å²) >= 11 is 0. The van der Waals surface area contributed by atoms with Crippen LogP contribution in [0.1, 0.15) is 101 Å². The van der Waals surface area contributed by atoms with E-state index in [1.807, 2.05) is 36.7 Å². The molecule has 0 unspecified atom stereocenters. The van der Waals surface area contributed by atoms with Gasteiger partial charge in [0, 0.05) is 12.4 Å². The van der Waals surface area contributed by atoms with Crippen molar-refractivity contribution in [3.8, 4) is 11.5 Å². The van der Waals surface area contributed by atoms with Gasteiger partial charge >= 0.3 is 16.5 Å². The van der Waals surface area contributed by atoms with Gasteiger partial charge in [0.05, 0.1) is 11.4 Å². The molecule has 4 nitrogen and oxygen atoms in total. The molecule has 5 heteroatoms. The predicted molar refractivity (Wildman–Crippen MR) is 186 cm³/mol. The van der Waals surface area contributed by atoms with Gasteiger partial charge in [-0.1, -0.05) is 140 Å². The second-order valence-corrected chi connectivity index (χ2v) is 12.5. The minimum atomic E-state index is -0.408. The zero-order chi connectivity index (χ0) is 32.0. The smallest absolute Gasteiger partial charge is 0.872 e. The second-order valence-electron chi connectivity index (χ2n) is 12.5. The van der Waals surface area contributed by atoms with E-state index in [4.69, 9.17) is 9.98 Å². The van der Waals surface area contributed by atoms with Gasteiger partial charge in [-0.15, -0.1) is 11.5 Å². The van der Waals surface area contributed by atoms with E-state index in [0.717, 1.165) is 22.1 Å². The summed E-state index contributed by atoms with van der Waals surface area (Å²) in [5.74, 6) is 0.951. The first kappa shape index (κ1) is 35.5. The normalized spacial score (nSPS) is 11.7. The monoisotopic (exact) mass is 642 g/mol. The molecule has 0 aliphatic carbocycles. The fraction of sp³-hybridized carbons (Fsp3) is 0.300. The molecule has 0 saturated heterocycles. The summed E-state index contributed by atoms with van der Waals surface area (Å²) in [5, 5.41) is 26.4. The standard InChI is InChI=1S/C26H36N2.C14H10O2.Ni/c1-17(2)21-11-9-12-22(18(3)4)25(21)27-15-16-28-26-23(19(5)6)13-10-14-24(26)20(7)8;15-13-11-7-3-1-5-9(11)10-6-2-4-8-12(10)14(13)16;/h9-20H,1-8H3;1-8,15-16H;/q;;+2/p-2. The van der Waals surface area contributed by atoms with E-state index in [1.165, 1.54) is 22.3 Å². The third-order valence-electron chi connectivity index (χ3n) is 8.00. The summed E-state index contributed by atoms with van der Waals surface area (Å²) < 4.78 is 0. The van der Waals surface area contributed by atoms with Crippen LogP contribution < -0.4 is 10.2 Å². The Morgan fingerprint density at radius 2 is 0.689 bits per heavy atom. The fourth-order valence-electron chi connectivity index (χ4n) is 5.61. The second kappa shape index (κ2) is 15.9. The number of rotatable bonds is 7. The van der Waals surface area contributed by atoms with Crippen LogP contribution in [0.5, 0.6) is 11.5 Å². The van der Waals surface area contributed by atoms with Crippen molar-refractivity contribution < 1.29 is 26.7 Å². The number of fused-ring (bicyclic) bond motifs is 3. The Hall–Kier alpha value is -3.95. The van der Waals surface area contributed by atoms with E-state index in [9.17, 15) is 10.2 Å². The Kier molecular flexibility index (Phi) is 12.5. The summed E-state index contributed by atoms with van der Waals surface area (Å²) in [7, 11) is 0. The average molecular weight is 643 g/mol. The zero-order valence-corrected chi connectivity index (χ0v) is 28.6. The van der Waals surface area contributed by atoms with Crippen molar-refractivity contribution >= 4 is 45.3 Å². The predicted octanol–water partition coefficient (Wildman–Crippen LogP) is 10.4.